The highest BCUT2D eigenvalue weighted by Crippen LogP contribution is 2.36. The molecular weight excluding hydrogens is 342 g/mol. The van der Waals surface area contributed by atoms with Crippen LogP contribution in [0, 0.1) is 0 Å². The van der Waals surface area contributed by atoms with Gasteiger partial charge >= 0.3 is 6.03 Å². The van der Waals surface area contributed by atoms with Gasteiger partial charge in [-0.3, -0.25) is 14.5 Å². The van der Waals surface area contributed by atoms with E-state index in [4.69, 9.17) is 0 Å². The highest BCUT2D eigenvalue weighted by atomic mass is 16.2. The molecule has 27 heavy (non-hydrogen) atoms. The Bertz CT molecular complexity index is 839. The first kappa shape index (κ1) is 17.3. The van der Waals surface area contributed by atoms with E-state index in [1.165, 1.54) is 0 Å². The number of imide groups is 1. The Kier molecular flexibility index (Phi) is 4.18. The van der Waals surface area contributed by atoms with Crippen molar-refractivity contribution in [1.29, 1.82) is 0 Å². The number of nitrogens with one attached hydrogen (secondary N) is 1. The van der Waals surface area contributed by atoms with Crippen molar-refractivity contribution in [2.75, 3.05) is 13.6 Å². The summed E-state index contributed by atoms with van der Waals surface area (Å²) in [6.07, 6.45) is 1.95. The van der Waals surface area contributed by atoms with Crippen LogP contribution in [-0.4, -0.2) is 47.3 Å². The maximum Gasteiger partial charge on any atom is 0.326 e. The minimum atomic E-state index is -1.32. The van der Waals surface area contributed by atoms with Gasteiger partial charge in [-0.05, 0) is 24.0 Å². The summed E-state index contributed by atoms with van der Waals surface area (Å²) in [5.74, 6) is -0.652. The molecule has 138 valence electrons. The molecule has 6 nitrogen and oxygen atoms in total. The van der Waals surface area contributed by atoms with E-state index >= 15 is 0 Å². The molecule has 0 unspecified atom stereocenters. The summed E-state index contributed by atoms with van der Waals surface area (Å²) in [7, 11) is 1.72. The minimum Gasteiger partial charge on any atom is -0.341 e. The lowest BCUT2D eigenvalue weighted by Crippen LogP contribution is -2.46. The number of amides is 4. The van der Waals surface area contributed by atoms with Crippen LogP contribution in [0.5, 0.6) is 0 Å². The fourth-order valence-electron chi connectivity index (χ4n) is 3.57. The van der Waals surface area contributed by atoms with Crippen LogP contribution in [-0.2, 0) is 15.1 Å². The molecule has 1 N–H and O–H groups in total. The number of urea groups is 1. The van der Waals surface area contributed by atoms with E-state index in [0.717, 1.165) is 17.7 Å². The van der Waals surface area contributed by atoms with Gasteiger partial charge in [-0.25, -0.2) is 4.79 Å². The maximum atomic E-state index is 13.5. The van der Waals surface area contributed by atoms with E-state index in [1.807, 2.05) is 60.7 Å². The van der Waals surface area contributed by atoms with Crippen molar-refractivity contribution in [3.05, 3.63) is 71.8 Å². The SMILES string of the molecule is CN(C(=O)CN1C(=O)NC(c2ccccc2)(c2ccccc2)C1=O)C1CC1. The predicted octanol–water partition coefficient (Wildman–Crippen LogP) is 2.10. The van der Waals surface area contributed by atoms with E-state index in [9.17, 15) is 14.4 Å². The number of hydrogen-bond donors (Lipinski definition) is 1. The number of hydrogen-bond acceptors (Lipinski definition) is 3. The number of rotatable bonds is 5. The van der Waals surface area contributed by atoms with Crippen molar-refractivity contribution in [3.63, 3.8) is 0 Å². The van der Waals surface area contributed by atoms with Gasteiger partial charge < -0.3 is 10.2 Å². The predicted molar refractivity (Wildman–Crippen MR) is 99.7 cm³/mol. The lowest BCUT2D eigenvalue weighted by Gasteiger charge is -2.28. The van der Waals surface area contributed by atoms with E-state index in [2.05, 4.69) is 5.32 Å². The zero-order valence-electron chi connectivity index (χ0n) is 15.1. The summed E-state index contributed by atoms with van der Waals surface area (Å²) in [6.45, 7) is -0.251. The first-order valence-corrected chi connectivity index (χ1v) is 9.05. The van der Waals surface area contributed by atoms with Crippen molar-refractivity contribution in [2.24, 2.45) is 0 Å². The zero-order chi connectivity index (χ0) is 19.0. The van der Waals surface area contributed by atoms with Crippen LogP contribution in [0.15, 0.2) is 60.7 Å². The monoisotopic (exact) mass is 363 g/mol. The first-order chi connectivity index (χ1) is 13.0. The number of carbonyl (C=O) groups is 3. The lowest BCUT2D eigenvalue weighted by atomic mass is 9.82. The third-order valence-corrected chi connectivity index (χ3v) is 5.30. The summed E-state index contributed by atoms with van der Waals surface area (Å²) in [4.78, 5) is 41.3. The largest absolute Gasteiger partial charge is 0.341 e. The van der Waals surface area contributed by atoms with Crippen LogP contribution in [0.2, 0.25) is 0 Å². The Morgan fingerprint density at radius 1 is 1.04 bits per heavy atom. The second-order valence-electron chi connectivity index (χ2n) is 7.04. The van der Waals surface area contributed by atoms with E-state index in [1.54, 1.807) is 11.9 Å². The molecule has 0 aromatic heterocycles. The van der Waals surface area contributed by atoms with E-state index < -0.39 is 17.5 Å². The molecule has 2 aliphatic rings. The van der Waals surface area contributed by atoms with E-state index in [-0.39, 0.29) is 18.5 Å². The second-order valence-corrected chi connectivity index (χ2v) is 7.04. The van der Waals surface area contributed by atoms with Gasteiger partial charge in [0.25, 0.3) is 5.91 Å². The Hall–Kier alpha value is -3.15. The molecule has 0 atom stereocenters. The van der Waals surface area contributed by atoms with Gasteiger partial charge in [0.2, 0.25) is 5.91 Å². The van der Waals surface area contributed by atoms with Crippen LogP contribution in [0.3, 0.4) is 0 Å². The van der Waals surface area contributed by atoms with Gasteiger partial charge in [0.15, 0.2) is 5.54 Å². The van der Waals surface area contributed by atoms with Gasteiger partial charge in [0, 0.05) is 13.1 Å². The summed E-state index contributed by atoms with van der Waals surface area (Å²) < 4.78 is 0. The van der Waals surface area contributed by atoms with Crippen molar-refractivity contribution in [3.8, 4) is 0 Å². The molecule has 0 radical (unpaired) electrons. The molecule has 1 saturated carbocycles. The highest BCUT2D eigenvalue weighted by molar-refractivity contribution is 6.11. The average Bonchev–Trinajstić information content (AvgIpc) is 3.52. The van der Waals surface area contributed by atoms with Crippen LogP contribution >= 0.6 is 0 Å². The van der Waals surface area contributed by atoms with Crippen LogP contribution in [0.25, 0.3) is 0 Å². The Morgan fingerprint density at radius 3 is 2.04 bits per heavy atom. The maximum absolute atomic E-state index is 13.5. The molecule has 2 aromatic rings. The molecule has 0 spiro atoms. The molecule has 1 heterocycles. The first-order valence-electron chi connectivity index (χ1n) is 9.05. The molecule has 2 fully saturated rings. The topological polar surface area (TPSA) is 69.7 Å². The normalized spacial score (nSPS) is 18.3. The van der Waals surface area contributed by atoms with Crippen molar-refractivity contribution < 1.29 is 14.4 Å². The van der Waals surface area contributed by atoms with Crippen LogP contribution in [0.1, 0.15) is 24.0 Å². The van der Waals surface area contributed by atoms with Crippen LogP contribution < -0.4 is 5.32 Å². The standard InChI is InChI=1S/C21H21N3O3/c1-23(17-12-13-17)18(25)14-24-19(26)21(22-20(24)27,15-8-4-2-5-9-15)16-10-6-3-7-11-16/h2-11,17H,12-14H2,1H3,(H,22,27). The van der Waals surface area contributed by atoms with Crippen LogP contribution in [0.4, 0.5) is 4.79 Å². The number of nitrogens with zero attached hydrogens (tertiary/aromatic N) is 2. The number of benzene rings is 2. The fourth-order valence-corrected chi connectivity index (χ4v) is 3.57. The third kappa shape index (κ3) is 2.87. The quantitative estimate of drug-likeness (QED) is 0.827. The zero-order valence-corrected chi connectivity index (χ0v) is 15.1. The minimum absolute atomic E-state index is 0.224. The molecule has 1 aliphatic heterocycles. The van der Waals surface area contributed by atoms with Crippen molar-refractivity contribution in [1.82, 2.24) is 15.1 Å². The van der Waals surface area contributed by atoms with E-state index in [0.29, 0.717) is 11.1 Å². The third-order valence-electron chi connectivity index (χ3n) is 5.30. The molecule has 6 heteroatoms. The van der Waals surface area contributed by atoms with Gasteiger partial charge in [-0.15, -0.1) is 0 Å². The molecule has 1 aliphatic carbocycles. The highest BCUT2D eigenvalue weighted by Gasteiger charge is 2.54. The molecule has 0 bridgehead atoms. The number of carbonyl (C=O) groups excluding carboxylic acids is 3. The van der Waals surface area contributed by atoms with Gasteiger partial charge in [-0.2, -0.15) is 0 Å². The molecule has 4 rings (SSSR count). The molecular formula is C21H21N3O3. The fraction of sp³-hybridized carbons (Fsp3) is 0.286. The summed E-state index contributed by atoms with van der Waals surface area (Å²) in [5.41, 5.74) is 0.0120. The summed E-state index contributed by atoms with van der Waals surface area (Å²) in [6, 6.07) is 17.9. The average molecular weight is 363 g/mol. The van der Waals surface area contributed by atoms with Crippen molar-refractivity contribution >= 4 is 17.8 Å². The molecule has 4 amide bonds. The van der Waals surface area contributed by atoms with Crippen molar-refractivity contribution in [2.45, 2.75) is 24.4 Å². The molecule has 1 saturated heterocycles. The smallest absolute Gasteiger partial charge is 0.326 e. The molecule has 2 aromatic carbocycles. The Balaban J connectivity index is 1.71. The lowest BCUT2D eigenvalue weighted by molar-refractivity contribution is -0.138. The van der Waals surface area contributed by atoms with Gasteiger partial charge in [0.1, 0.15) is 6.54 Å². The number of likely N-dealkylation sites (N-methyl/N-ethyl adjacent to an activating group) is 1. The van der Waals surface area contributed by atoms with Gasteiger partial charge in [-0.1, -0.05) is 60.7 Å². The summed E-state index contributed by atoms with van der Waals surface area (Å²) in [5, 5.41) is 2.86. The summed E-state index contributed by atoms with van der Waals surface area (Å²) >= 11 is 0. The Labute approximate surface area is 157 Å². The van der Waals surface area contributed by atoms with Gasteiger partial charge in [0.05, 0.1) is 0 Å². The Morgan fingerprint density at radius 2 is 1.56 bits per heavy atom. The second kappa shape index (κ2) is 6.54.